The Morgan fingerprint density at radius 2 is 1.56 bits per heavy atom. The predicted molar refractivity (Wildman–Crippen MR) is 113 cm³/mol. The molecule has 0 bridgehead atoms. The van der Waals surface area contributed by atoms with Gasteiger partial charge in [0.15, 0.2) is 0 Å². The van der Waals surface area contributed by atoms with Gasteiger partial charge < -0.3 is 10.2 Å². The molecule has 0 spiro atoms. The van der Waals surface area contributed by atoms with Crippen LogP contribution in [0.4, 0.5) is 11.4 Å². The molecule has 1 N–H and O–H groups in total. The monoisotopic (exact) mass is 364 g/mol. The van der Waals surface area contributed by atoms with Gasteiger partial charge in [0.05, 0.1) is 0 Å². The SMILES string of the molecule is c1ccc(N2CCN(CCC3CCC(Nc4ccncc4)CC3)CC2)cc1. The molecule has 0 amide bonds. The molecule has 1 aromatic heterocycles. The summed E-state index contributed by atoms with van der Waals surface area (Å²) in [5.74, 6) is 0.910. The minimum absolute atomic E-state index is 0.637. The van der Waals surface area contributed by atoms with Crippen LogP contribution >= 0.6 is 0 Å². The Morgan fingerprint density at radius 3 is 2.26 bits per heavy atom. The van der Waals surface area contributed by atoms with Crippen LogP contribution in [0.1, 0.15) is 32.1 Å². The number of benzene rings is 1. The number of para-hydroxylation sites is 1. The van der Waals surface area contributed by atoms with Crippen LogP contribution in [0.5, 0.6) is 0 Å². The minimum atomic E-state index is 0.637. The number of hydrogen-bond acceptors (Lipinski definition) is 4. The molecular weight excluding hydrogens is 332 g/mol. The van der Waals surface area contributed by atoms with Crippen LogP contribution in [0.25, 0.3) is 0 Å². The third-order valence-corrected chi connectivity index (χ3v) is 6.25. The molecule has 2 heterocycles. The Labute approximate surface area is 163 Å². The van der Waals surface area contributed by atoms with E-state index >= 15 is 0 Å². The normalized spacial score (nSPS) is 23.9. The van der Waals surface area contributed by atoms with Crippen molar-refractivity contribution in [1.29, 1.82) is 0 Å². The number of nitrogens with one attached hydrogen (secondary N) is 1. The highest BCUT2D eigenvalue weighted by Gasteiger charge is 2.23. The fourth-order valence-electron chi connectivity index (χ4n) is 4.51. The van der Waals surface area contributed by atoms with Crippen molar-refractivity contribution in [2.45, 2.75) is 38.1 Å². The van der Waals surface area contributed by atoms with E-state index in [0.717, 1.165) is 19.0 Å². The second kappa shape index (κ2) is 9.23. The van der Waals surface area contributed by atoms with Gasteiger partial charge in [0.1, 0.15) is 0 Å². The lowest BCUT2D eigenvalue weighted by Crippen LogP contribution is -2.47. The first-order valence-corrected chi connectivity index (χ1v) is 10.6. The fourth-order valence-corrected chi connectivity index (χ4v) is 4.51. The lowest BCUT2D eigenvalue weighted by atomic mass is 9.84. The quantitative estimate of drug-likeness (QED) is 0.830. The van der Waals surface area contributed by atoms with Gasteiger partial charge >= 0.3 is 0 Å². The number of rotatable bonds is 6. The van der Waals surface area contributed by atoms with Gasteiger partial charge in [0.25, 0.3) is 0 Å². The molecule has 1 aromatic carbocycles. The number of nitrogens with zero attached hydrogens (tertiary/aromatic N) is 3. The average molecular weight is 365 g/mol. The van der Waals surface area contributed by atoms with Gasteiger partial charge in [0, 0.05) is 56.0 Å². The Kier molecular flexibility index (Phi) is 6.25. The number of pyridine rings is 1. The lowest BCUT2D eigenvalue weighted by molar-refractivity contribution is 0.218. The number of aromatic nitrogens is 1. The van der Waals surface area contributed by atoms with E-state index in [2.05, 4.69) is 62.6 Å². The summed E-state index contributed by atoms with van der Waals surface area (Å²) in [5, 5.41) is 3.67. The molecule has 4 nitrogen and oxygen atoms in total. The van der Waals surface area contributed by atoms with Crippen molar-refractivity contribution in [2.75, 3.05) is 42.9 Å². The van der Waals surface area contributed by atoms with Crippen molar-refractivity contribution in [2.24, 2.45) is 5.92 Å². The van der Waals surface area contributed by atoms with Gasteiger partial charge in [-0.2, -0.15) is 0 Å². The number of piperazine rings is 1. The van der Waals surface area contributed by atoms with E-state index in [0.29, 0.717) is 6.04 Å². The molecular formula is C23H32N4. The molecule has 0 radical (unpaired) electrons. The van der Waals surface area contributed by atoms with Crippen molar-refractivity contribution in [3.8, 4) is 0 Å². The summed E-state index contributed by atoms with van der Waals surface area (Å²) in [6.07, 6.45) is 10.4. The van der Waals surface area contributed by atoms with Crippen LogP contribution in [-0.2, 0) is 0 Å². The summed E-state index contributed by atoms with van der Waals surface area (Å²) in [5.41, 5.74) is 2.59. The summed E-state index contributed by atoms with van der Waals surface area (Å²) in [4.78, 5) is 9.28. The van der Waals surface area contributed by atoms with Crippen molar-refractivity contribution in [3.05, 3.63) is 54.9 Å². The van der Waals surface area contributed by atoms with Crippen molar-refractivity contribution >= 4 is 11.4 Å². The smallest absolute Gasteiger partial charge is 0.0373 e. The van der Waals surface area contributed by atoms with Gasteiger partial charge in [-0.1, -0.05) is 18.2 Å². The van der Waals surface area contributed by atoms with E-state index in [-0.39, 0.29) is 0 Å². The summed E-state index contributed by atoms with van der Waals surface area (Å²) in [6.45, 7) is 6.00. The molecule has 4 heteroatoms. The molecule has 27 heavy (non-hydrogen) atoms. The number of anilines is 2. The summed E-state index contributed by atoms with van der Waals surface area (Å²) in [7, 11) is 0. The van der Waals surface area contributed by atoms with Crippen LogP contribution in [0.2, 0.25) is 0 Å². The third-order valence-electron chi connectivity index (χ3n) is 6.25. The average Bonchev–Trinajstić information content (AvgIpc) is 2.75. The second-order valence-electron chi connectivity index (χ2n) is 8.05. The van der Waals surface area contributed by atoms with Gasteiger partial charge in [-0.05, 0) is 68.8 Å². The molecule has 4 rings (SSSR count). The first kappa shape index (κ1) is 18.3. The van der Waals surface area contributed by atoms with Crippen LogP contribution in [0.3, 0.4) is 0 Å². The zero-order valence-electron chi connectivity index (χ0n) is 16.3. The van der Waals surface area contributed by atoms with Gasteiger partial charge in [-0.15, -0.1) is 0 Å². The van der Waals surface area contributed by atoms with E-state index in [9.17, 15) is 0 Å². The molecule has 1 aliphatic carbocycles. The molecule has 144 valence electrons. The van der Waals surface area contributed by atoms with Crippen molar-refractivity contribution < 1.29 is 0 Å². The summed E-state index contributed by atoms with van der Waals surface area (Å²) < 4.78 is 0. The van der Waals surface area contributed by atoms with Crippen LogP contribution in [-0.4, -0.2) is 48.6 Å². The van der Waals surface area contributed by atoms with E-state index in [4.69, 9.17) is 0 Å². The zero-order valence-corrected chi connectivity index (χ0v) is 16.3. The maximum Gasteiger partial charge on any atom is 0.0373 e. The lowest BCUT2D eigenvalue weighted by Gasteiger charge is -2.37. The molecule has 0 atom stereocenters. The zero-order chi connectivity index (χ0) is 18.3. The second-order valence-corrected chi connectivity index (χ2v) is 8.05. The van der Waals surface area contributed by atoms with Crippen LogP contribution in [0, 0.1) is 5.92 Å². The summed E-state index contributed by atoms with van der Waals surface area (Å²) in [6, 6.07) is 15.6. The predicted octanol–water partition coefficient (Wildman–Crippen LogP) is 4.26. The molecule has 2 aliphatic rings. The molecule has 2 aromatic rings. The van der Waals surface area contributed by atoms with Crippen LogP contribution < -0.4 is 10.2 Å². The van der Waals surface area contributed by atoms with E-state index in [1.54, 1.807) is 0 Å². The van der Waals surface area contributed by atoms with E-state index in [1.165, 1.54) is 63.1 Å². The Morgan fingerprint density at radius 1 is 0.852 bits per heavy atom. The molecule has 1 aliphatic heterocycles. The minimum Gasteiger partial charge on any atom is -0.382 e. The topological polar surface area (TPSA) is 31.4 Å². The van der Waals surface area contributed by atoms with Crippen molar-refractivity contribution in [3.63, 3.8) is 0 Å². The number of hydrogen-bond donors (Lipinski definition) is 1. The highest BCUT2D eigenvalue weighted by Crippen LogP contribution is 2.29. The van der Waals surface area contributed by atoms with Gasteiger partial charge in [0.2, 0.25) is 0 Å². The first-order valence-electron chi connectivity index (χ1n) is 10.6. The first-order chi connectivity index (χ1) is 13.4. The van der Waals surface area contributed by atoms with Gasteiger partial charge in [-0.25, -0.2) is 0 Å². The third kappa shape index (κ3) is 5.23. The summed E-state index contributed by atoms with van der Waals surface area (Å²) >= 11 is 0. The molecule has 1 saturated heterocycles. The van der Waals surface area contributed by atoms with Crippen molar-refractivity contribution in [1.82, 2.24) is 9.88 Å². The van der Waals surface area contributed by atoms with E-state index in [1.807, 2.05) is 12.4 Å². The maximum absolute atomic E-state index is 4.09. The Hall–Kier alpha value is -2.07. The molecule has 2 fully saturated rings. The van der Waals surface area contributed by atoms with E-state index < -0.39 is 0 Å². The molecule has 1 saturated carbocycles. The van der Waals surface area contributed by atoms with Crippen LogP contribution in [0.15, 0.2) is 54.9 Å². The highest BCUT2D eigenvalue weighted by molar-refractivity contribution is 5.46. The van der Waals surface area contributed by atoms with Gasteiger partial charge in [-0.3, -0.25) is 9.88 Å². The standard InChI is InChI=1S/C23H32N4/c1-2-4-23(5-3-1)27-18-16-26(17-19-27)15-12-20-6-8-21(9-7-20)25-22-10-13-24-14-11-22/h1-5,10-11,13-14,20-21H,6-9,12,15-19H2,(H,24,25). The Bertz CT molecular complexity index is 659. The highest BCUT2D eigenvalue weighted by atomic mass is 15.3. The fraction of sp³-hybridized carbons (Fsp3) is 0.522. The largest absolute Gasteiger partial charge is 0.382 e. The Balaban J connectivity index is 1.14. The maximum atomic E-state index is 4.09. The molecule has 0 unspecified atom stereocenters.